The molecule has 0 saturated heterocycles. The van der Waals surface area contributed by atoms with Crippen LogP contribution in [0.3, 0.4) is 0 Å². The van der Waals surface area contributed by atoms with Gasteiger partial charge in [-0.25, -0.2) is 0 Å². The smallest absolute Gasteiger partial charge is 0.120 e. The summed E-state index contributed by atoms with van der Waals surface area (Å²) in [5, 5.41) is 3.29. The van der Waals surface area contributed by atoms with Crippen molar-refractivity contribution in [2.24, 2.45) is 4.99 Å². The highest BCUT2D eigenvalue weighted by Crippen LogP contribution is 2.18. The van der Waals surface area contributed by atoms with Gasteiger partial charge in [0, 0.05) is 24.7 Å². The Morgan fingerprint density at radius 2 is 2.36 bits per heavy atom. The van der Waals surface area contributed by atoms with Gasteiger partial charge in [-0.3, -0.25) is 4.99 Å². The van der Waals surface area contributed by atoms with Crippen LogP contribution in [0.5, 0.6) is 5.75 Å². The number of aliphatic imine (C=N–C) groups is 1. The molecule has 3 heteroatoms. The summed E-state index contributed by atoms with van der Waals surface area (Å²) in [4.78, 5) is 4.35. The molecule has 1 aromatic rings. The van der Waals surface area contributed by atoms with E-state index in [0.717, 1.165) is 36.7 Å². The van der Waals surface area contributed by atoms with Gasteiger partial charge < -0.3 is 10.1 Å². The fraction of sp³-hybridized carbons (Fsp3) is 0.364. The van der Waals surface area contributed by atoms with Gasteiger partial charge in [-0.1, -0.05) is 6.07 Å². The maximum Gasteiger partial charge on any atom is 0.120 e. The Balaban J connectivity index is 2.08. The molecule has 0 saturated carbocycles. The minimum absolute atomic E-state index is 0.869. The highest BCUT2D eigenvalue weighted by atomic mass is 16.5. The molecule has 0 aliphatic carbocycles. The van der Waals surface area contributed by atoms with Gasteiger partial charge in [0.1, 0.15) is 11.6 Å². The third kappa shape index (κ3) is 2.05. The lowest BCUT2D eigenvalue weighted by Gasteiger charge is -2.06. The Morgan fingerprint density at radius 1 is 1.43 bits per heavy atom. The number of amidine groups is 1. The predicted molar refractivity (Wildman–Crippen MR) is 58.2 cm³/mol. The maximum atomic E-state index is 5.14. The van der Waals surface area contributed by atoms with Crippen molar-refractivity contribution in [1.29, 1.82) is 0 Å². The zero-order chi connectivity index (χ0) is 9.80. The molecule has 0 bridgehead atoms. The second-order valence-electron chi connectivity index (χ2n) is 3.29. The van der Waals surface area contributed by atoms with Gasteiger partial charge in [-0.15, -0.1) is 0 Å². The van der Waals surface area contributed by atoms with Crippen LogP contribution in [0.25, 0.3) is 0 Å². The lowest BCUT2D eigenvalue weighted by molar-refractivity contribution is 0.415. The topological polar surface area (TPSA) is 33.6 Å². The Bertz CT molecular complexity index is 347. The summed E-state index contributed by atoms with van der Waals surface area (Å²) in [6, 6.07) is 7.89. The van der Waals surface area contributed by atoms with Crippen LogP contribution in [0.2, 0.25) is 0 Å². The molecule has 3 nitrogen and oxygen atoms in total. The van der Waals surface area contributed by atoms with Crippen LogP contribution in [-0.2, 0) is 0 Å². The number of methoxy groups -OCH3 is 1. The number of hydrogen-bond donors (Lipinski definition) is 1. The summed E-state index contributed by atoms with van der Waals surface area (Å²) in [5.74, 6) is 1.95. The van der Waals surface area contributed by atoms with E-state index >= 15 is 0 Å². The molecular weight excluding hydrogens is 176 g/mol. The van der Waals surface area contributed by atoms with Gasteiger partial charge in [0.15, 0.2) is 0 Å². The van der Waals surface area contributed by atoms with Crippen LogP contribution in [0.1, 0.15) is 12.8 Å². The molecule has 0 unspecified atom stereocenters. The van der Waals surface area contributed by atoms with Crippen molar-refractivity contribution in [3.05, 3.63) is 24.3 Å². The monoisotopic (exact) mass is 190 g/mol. The van der Waals surface area contributed by atoms with E-state index in [9.17, 15) is 0 Å². The van der Waals surface area contributed by atoms with Crippen LogP contribution in [0.4, 0.5) is 5.69 Å². The van der Waals surface area contributed by atoms with E-state index in [1.54, 1.807) is 7.11 Å². The second kappa shape index (κ2) is 4.13. The zero-order valence-corrected chi connectivity index (χ0v) is 8.29. The summed E-state index contributed by atoms with van der Waals surface area (Å²) >= 11 is 0. The molecule has 1 N–H and O–H groups in total. The molecule has 1 heterocycles. The molecule has 1 aliphatic heterocycles. The fourth-order valence-electron chi connectivity index (χ4n) is 1.51. The van der Waals surface area contributed by atoms with E-state index in [1.165, 1.54) is 0 Å². The van der Waals surface area contributed by atoms with Crippen molar-refractivity contribution >= 4 is 11.5 Å². The SMILES string of the molecule is COc1cccc(NC2=NCCC2)c1. The first-order valence-electron chi connectivity index (χ1n) is 4.83. The minimum atomic E-state index is 0.869. The normalized spacial score (nSPS) is 15.1. The third-order valence-corrected chi connectivity index (χ3v) is 2.23. The zero-order valence-electron chi connectivity index (χ0n) is 8.29. The number of nitrogens with one attached hydrogen (secondary N) is 1. The lowest BCUT2D eigenvalue weighted by Crippen LogP contribution is -2.07. The van der Waals surface area contributed by atoms with E-state index in [2.05, 4.69) is 10.3 Å². The van der Waals surface area contributed by atoms with Gasteiger partial charge in [0.25, 0.3) is 0 Å². The number of benzene rings is 1. The van der Waals surface area contributed by atoms with Crippen molar-refractivity contribution in [3.8, 4) is 5.75 Å². The number of anilines is 1. The number of rotatable bonds is 2. The Labute approximate surface area is 83.8 Å². The van der Waals surface area contributed by atoms with Crippen molar-refractivity contribution in [3.63, 3.8) is 0 Å². The molecule has 1 aromatic carbocycles. The van der Waals surface area contributed by atoms with Gasteiger partial charge in [0.05, 0.1) is 7.11 Å². The van der Waals surface area contributed by atoms with Crippen LogP contribution in [0, 0.1) is 0 Å². The van der Waals surface area contributed by atoms with Crippen molar-refractivity contribution in [2.45, 2.75) is 12.8 Å². The van der Waals surface area contributed by atoms with Crippen molar-refractivity contribution < 1.29 is 4.74 Å². The summed E-state index contributed by atoms with van der Waals surface area (Å²) in [7, 11) is 1.67. The molecule has 14 heavy (non-hydrogen) atoms. The second-order valence-corrected chi connectivity index (χ2v) is 3.29. The first-order valence-corrected chi connectivity index (χ1v) is 4.83. The average molecular weight is 190 g/mol. The molecule has 0 radical (unpaired) electrons. The highest BCUT2D eigenvalue weighted by Gasteiger charge is 2.05. The van der Waals surface area contributed by atoms with Crippen LogP contribution in [0.15, 0.2) is 29.3 Å². The minimum Gasteiger partial charge on any atom is -0.497 e. The molecule has 0 fully saturated rings. The maximum absolute atomic E-state index is 5.14. The number of hydrogen-bond acceptors (Lipinski definition) is 3. The van der Waals surface area contributed by atoms with E-state index in [4.69, 9.17) is 4.74 Å². The highest BCUT2D eigenvalue weighted by molar-refractivity contribution is 5.96. The van der Waals surface area contributed by atoms with E-state index in [0.29, 0.717) is 0 Å². The molecule has 0 amide bonds. The molecule has 1 aliphatic rings. The first-order chi connectivity index (χ1) is 6.88. The third-order valence-electron chi connectivity index (χ3n) is 2.23. The molecule has 0 atom stereocenters. The molecule has 74 valence electrons. The summed E-state index contributed by atoms with van der Waals surface area (Å²) in [6.07, 6.45) is 2.21. The lowest BCUT2D eigenvalue weighted by atomic mass is 10.3. The van der Waals surface area contributed by atoms with Crippen LogP contribution >= 0.6 is 0 Å². The van der Waals surface area contributed by atoms with Gasteiger partial charge >= 0.3 is 0 Å². The molecule has 0 aromatic heterocycles. The summed E-state index contributed by atoms with van der Waals surface area (Å²) < 4.78 is 5.14. The number of ether oxygens (including phenoxy) is 1. The van der Waals surface area contributed by atoms with E-state index in [1.807, 2.05) is 24.3 Å². The van der Waals surface area contributed by atoms with E-state index in [-0.39, 0.29) is 0 Å². The van der Waals surface area contributed by atoms with Crippen molar-refractivity contribution in [2.75, 3.05) is 19.0 Å². The van der Waals surface area contributed by atoms with Gasteiger partial charge in [-0.05, 0) is 18.6 Å². The largest absolute Gasteiger partial charge is 0.497 e. The Morgan fingerprint density at radius 3 is 3.07 bits per heavy atom. The van der Waals surface area contributed by atoms with Crippen LogP contribution < -0.4 is 10.1 Å². The van der Waals surface area contributed by atoms with Gasteiger partial charge in [-0.2, -0.15) is 0 Å². The quantitative estimate of drug-likeness (QED) is 0.776. The van der Waals surface area contributed by atoms with Crippen molar-refractivity contribution in [1.82, 2.24) is 0 Å². The summed E-state index contributed by atoms with van der Waals surface area (Å²) in [6.45, 7) is 0.951. The Kier molecular flexibility index (Phi) is 2.68. The molecular formula is C11H14N2O. The molecule has 0 spiro atoms. The predicted octanol–water partition coefficient (Wildman–Crippen LogP) is 2.30. The average Bonchev–Trinajstić information content (AvgIpc) is 2.71. The van der Waals surface area contributed by atoms with E-state index < -0.39 is 0 Å². The fourth-order valence-corrected chi connectivity index (χ4v) is 1.51. The molecule has 2 rings (SSSR count). The van der Waals surface area contributed by atoms with Gasteiger partial charge in [0.2, 0.25) is 0 Å². The number of nitrogens with zero attached hydrogens (tertiary/aromatic N) is 1. The Hall–Kier alpha value is -1.51. The summed E-state index contributed by atoms with van der Waals surface area (Å²) in [5.41, 5.74) is 1.05. The first kappa shape index (κ1) is 9.06. The standard InChI is InChI=1S/C11H14N2O/c1-14-10-5-2-4-9(8-10)13-11-6-3-7-12-11/h2,4-5,8H,3,6-7H2,1H3,(H,12,13). The van der Waals surface area contributed by atoms with Crippen LogP contribution in [-0.4, -0.2) is 19.5 Å².